The molecule has 0 aromatic rings. The SMILES string of the molecule is CCC(C)[C@H]1O[C@]2(C=C[C@@H]1C)CC(N)C[C@@H](C/C=C(\C)[C@@H](O[C@H]1C[C@H](OC)[C@@H](O[C@H]3C[C@H](OC)[C@@H](O)[C@H](C)O3)[C@H](C)O1)[C@@H](C)/C=C/C=C1\CO[C@@H]3[C@H](O)C(C)=C[C@@H](C(=O)OCC[Si](C)(C)C)[C@]13O)O2. The molecule has 0 amide bonds. The Morgan fingerprint density at radius 2 is 1.71 bits per heavy atom. The van der Waals surface area contributed by atoms with Gasteiger partial charge in [0.1, 0.15) is 35.9 Å². The van der Waals surface area contributed by atoms with Crippen molar-refractivity contribution in [2.75, 3.05) is 27.4 Å². The van der Waals surface area contributed by atoms with Crippen LogP contribution in [0.1, 0.15) is 93.9 Å². The fourth-order valence-electron chi connectivity index (χ4n) is 10.9. The molecule has 0 aromatic heterocycles. The van der Waals surface area contributed by atoms with Gasteiger partial charge in [-0.2, -0.15) is 0 Å². The number of rotatable bonds is 18. The molecule has 6 aliphatic rings. The molecule has 0 aromatic carbocycles. The van der Waals surface area contributed by atoms with Gasteiger partial charge in [0.05, 0.1) is 55.9 Å². The fraction of sp³-hybridized carbons (Fsp3) is 0.792. The Kier molecular flexibility index (Phi) is 19.4. The molecule has 1 aliphatic carbocycles. The van der Waals surface area contributed by atoms with Crippen molar-refractivity contribution in [3.63, 3.8) is 0 Å². The third kappa shape index (κ3) is 13.3. The van der Waals surface area contributed by atoms with Gasteiger partial charge in [-0.3, -0.25) is 4.79 Å². The Labute approximate surface area is 413 Å². The van der Waals surface area contributed by atoms with Crippen LogP contribution >= 0.6 is 0 Å². The molecule has 20 atom stereocenters. The lowest BCUT2D eigenvalue weighted by Crippen LogP contribution is -2.57. The van der Waals surface area contributed by atoms with Gasteiger partial charge in [0.25, 0.3) is 0 Å². The van der Waals surface area contributed by atoms with E-state index in [1.54, 1.807) is 40.2 Å². The van der Waals surface area contributed by atoms with Crippen LogP contribution in [-0.4, -0.2) is 154 Å². The van der Waals surface area contributed by atoms with E-state index in [9.17, 15) is 20.1 Å². The van der Waals surface area contributed by atoms with Crippen LogP contribution in [0.5, 0.6) is 0 Å². The van der Waals surface area contributed by atoms with Crippen LogP contribution in [0.15, 0.2) is 59.3 Å². The van der Waals surface area contributed by atoms with Crippen molar-refractivity contribution in [2.45, 2.75) is 217 Å². The maximum atomic E-state index is 13.7. The molecule has 4 fully saturated rings. The summed E-state index contributed by atoms with van der Waals surface area (Å²) in [4.78, 5) is 13.7. The number of fused-ring (bicyclic) bond motifs is 1. The minimum atomic E-state index is -1.80. The van der Waals surface area contributed by atoms with Crippen LogP contribution in [0.4, 0.5) is 0 Å². The van der Waals surface area contributed by atoms with Gasteiger partial charge in [-0.05, 0) is 75.3 Å². The third-order valence-electron chi connectivity index (χ3n) is 15.4. The van der Waals surface area contributed by atoms with E-state index in [0.717, 1.165) is 18.0 Å². The number of hydrogen-bond donors (Lipinski definition) is 4. The molecule has 0 saturated carbocycles. The van der Waals surface area contributed by atoms with E-state index >= 15 is 0 Å². The highest BCUT2D eigenvalue weighted by Gasteiger charge is 2.59. The minimum Gasteiger partial charge on any atom is -0.465 e. The van der Waals surface area contributed by atoms with E-state index in [4.69, 9.17) is 53.1 Å². The number of aliphatic hydroxyl groups is 3. The van der Waals surface area contributed by atoms with Crippen molar-refractivity contribution in [3.05, 3.63) is 59.3 Å². The number of aliphatic hydroxyl groups excluding tert-OH is 2. The van der Waals surface area contributed by atoms with E-state index in [-0.39, 0.29) is 43.3 Å². The van der Waals surface area contributed by atoms with Gasteiger partial charge in [0, 0.05) is 59.4 Å². The number of methoxy groups -OCH3 is 2. The molecule has 0 radical (unpaired) electrons. The van der Waals surface area contributed by atoms with E-state index in [1.165, 1.54) is 0 Å². The lowest BCUT2D eigenvalue weighted by Gasteiger charge is -2.47. The van der Waals surface area contributed by atoms with Gasteiger partial charge in [-0.25, -0.2) is 0 Å². The molecule has 392 valence electrons. The van der Waals surface area contributed by atoms with Crippen molar-refractivity contribution < 1.29 is 67.5 Å². The Morgan fingerprint density at radius 1 is 1.01 bits per heavy atom. The zero-order valence-electron chi connectivity index (χ0n) is 43.7. The van der Waals surface area contributed by atoms with Gasteiger partial charge in [0.2, 0.25) is 0 Å². The lowest BCUT2D eigenvalue weighted by molar-refractivity contribution is -0.318. The zero-order valence-corrected chi connectivity index (χ0v) is 44.7. The van der Waals surface area contributed by atoms with Crippen LogP contribution in [-0.2, 0) is 52.2 Å². The predicted molar refractivity (Wildman–Crippen MR) is 265 cm³/mol. The van der Waals surface area contributed by atoms with Gasteiger partial charge in [0.15, 0.2) is 18.4 Å². The molecule has 2 unspecified atom stereocenters. The summed E-state index contributed by atoms with van der Waals surface area (Å²) in [5, 5.41) is 34.1. The molecule has 5 heterocycles. The van der Waals surface area contributed by atoms with Crippen LogP contribution in [0.25, 0.3) is 0 Å². The lowest BCUT2D eigenvalue weighted by atomic mass is 9.71. The minimum absolute atomic E-state index is 0.0296. The molecule has 5 N–H and O–H groups in total. The monoisotopic (exact) mass is 990 g/mol. The molecule has 15 nitrogen and oxygen atoms in total. The first-order chi connectivity index (χ1) is 32.5. The number of carbonyl (C=O) groups excluding carboxylic acids is 1. The fourth-order valence-corrected chi connectivity index (χ4v) is 11.6. The molecule has 1 spiro atoms. The smallest absolute Gasteiger partial charge is 0.316 e. The van der Waals surface area contributed by atoms with E-state index in [2.05, 4.69) is 65.6 Å². The van der Waals surface area contributed by atoms with E-state index in [1.807, 2.05) is 26.0 Å². The average molecular weight is 990 g/mol. The zero-order chi connectivity index (χ0) is 50.6. The molecular weight excluding hydrogens is 903 g/mol. The number of esters is 1. The normalized spacial score (nSPS) is 41.8. The van der Waals surface area contributed by atoms with Gasteiger partial charge in [-0.15, -0.1) is 0 Å². The van der Waals surface area contributed by atoms with E-state index in [0.29, 0.717) is 49.2 Å². The molecule has 4 saturated heterocycles. The van der Waals surface area contributed by atoms with E-state index < -0.39 is 98.9 Å². The van der Waals surface area contributed by atoms with Gasteiger partial charge < -0.3 is 68.4 Å². The highest BCUT2D eigenvalue weighted by molar-refractivity contribution is 6.76. The number of hydrogen-bond acceptors (Lipinski definition) is 15. The highest BCUT2D eigenvalue weighted by atomic mass is 28.3. The summed E-state index contributed by atoms with van der Waals surface area (Å²) >= 11 is 0. The quantitative estimate of drug-likeness (QED) is 0.0646. The number of nitrogens with two attached hydrogens (primary N) is 1. The second-order valence-corrected chi connectivity index (χ2v) is 27.8. The maximum absolute atomic E-state index is 13.7. The summed E-state index contributed by atoms with van der Waals surface area (Å²) in [6.07, 6.45) is 10.2. The van der Waals surface area contributed by atoms with Crippen molar-refractivity contribution in [2.24, 2.45) is 29.4 Å². The largest absolute Gasteiger partial charge is 0.465 e. The van der Waals surface area contributed by atoms with Gasteiger partial charge >= 0.3 is 5.97 Å². The molecular formula is C53H87NO14Si. The molecule has 16 heteroatoms. The molecule has 5 aliphatic heterocycles. The Hall–Kier alpha value is -2.13. The van der Waals surface area contributed by atoms with Crippen LogP contribution in [0.2, 0.25) is 25.7 Å². The summed E-state index contributed by atoms with van der Waals surface area (Å²) in [5.41, 5.74) is 6.92. The summed E-state index contributed by atoms with van der Waals surface area (Å²) in [7, 11) is 1.73. The maximum Gasteiger partial charge on any atom is 0.316 e. The number of ether oxygens (including phenoxy) is 10. The topological polar surface area (TPSA) is 196 Å². The first kappa shape index (κ1) is 56.2. The summed E-state index contributed by atoms with van der Waals surface area (Å²) in [6.45, 7) is 23.1. The van der Waals surface area contributed by atoms with Crippen molar-refractivity contribution in [3.8, 4) is 0 Å². The van der Waals surface area contributed by atoms with Crippen molar-refractivity contribution in [1.82, 2.24) is 0 Å². The van der Waals surface area contributed by atoms with Crippen LogP contribution < -0.4 is 5.73 Å². The number of carbonyl (C=O) groups is 1. The third-order valence-corrected chi connectivity index (χ3v) is 17.1. The molecule has 0 bridgehead atoms. The Bertz CT molecular complexity index is 1870. The Balaban J connectivity index is 1.23. The summed E-state index contributed by atoms with van der Waals surface area (Å²) in [5.74, 6) is -2.07. The van der Waals surface area contributed by atoms with Crippen molar-refractivity contribution >= 4 is 14.0 Å². The standard InChI is InChI=1S/C53H87NO14Si/c1-14-30(2)48-33(5)20-21-52(68-48)28-38(54)25-39(67-52)19-18-32(4)47(65-44-27-42(60-10)49(36(8)64-44)66-43-26-41(59-9)46(56)35(7)63-43)31(3)16-15-17-37-29-62-50-45(55)34(6)24-40(53(37,50)58)51(57)61-22-23-69(11,12)13/h15-18,20-21,24,30-31,33,35-36,38-50,55-56,58H,14,19,22-23,25-29,54H2,1-13H3/b16-15+,32-18+,37-17+/t30?,31-,33-,35-,36-,38?,39+,40-,41-,42-,43-,44-,45+,46-,47-,48+,49-,50+,52+,53+/m0/s1. The summed E-state index contributed by atoms with van der Waals surface area (Å²) in [6, 6.07) is 0.689. The average Bonchev–Trinajstić information content (AvgIpc) is 3.63. The van der Waals surface area contributed by atoms with Crippen LogP contribution in [0.3, 0.4) is 0 Å². The Morgan fingerprint density at radius 3 is 2.39 bits per heavy atom. The first-order valence-corrected chi connectivity index (χ1v) is 29.3. The highest BCUT2D eigenvalue weighted by Crippen LogP contribution is 2.46. The summed E-state index contributed by atoms with van der Waals surface area (Å²) < 4.78 is 63.1. The first-order valence-electron chi connectivity index (χ1n) is 25.6. The second-order valence-electron chi connectivity index (χ2n) is 22.1. The number of allylic oxidation sites excluding steroid dienone is 2. The molecule has 69 heavy (non-hydrogen) atoms. The predicted octanol–water partition coefficient (Wildman–Crippen LogP) is 6.66. The molecule has 6 rings (SSSR count). The van der Waals surface area contributed by atoms with Crippen LogP contribution in [0, 0.1) is 23.7 Å². The van der Waals surface area contributed by atoms with Gasteiger partial charge in [-0.1, -0.05) is 90.2 Å². The second kappa shape index (κ2) is 23.8. The van der Waals surface area contributed by atoms with Crippen molar-refractivity contribution in [1.29, 1.82) is 0 Å².